The Morgan fingerprint density at radius 2 is 2.00 bits per heavy atom. The van der Waals surface area contributed by atoms with Crippen LogP contribution in [0.25, 0.3) is 0 Å². The standard InChI is InChI=1S/C5H10OS/c1-4(3-6)5(2)7/h3-5,7H,1-2H3/t4-,5+/m0/s1. The Balaban J connectivity index is 3.33. The highest BCUT2D eigenvalue weighted by atomic mass is 32.1. The van der Waals surface area contributed by atoms with E-state index in [0.717, 1.165) is 6.29 Å². The van der Waals surface area contributed by atoms with Crippen molar-refractivity contribution in [1.29, 1.82) is 0 Å². The molecule has 0 rings (SSSR count). The fourth-order valence-electron chi connectivity index (χ4n) is 0.114. The maximum absolute atomic E-state index is 9.90. The van der Waals surface area contributed by atoms with Crippen LogP contribution in [-0.2, 0) is 4.79 Å². The Hall–Kier alpha value is 0.0200. The van der Waals surface area contributed by atoms with Crippen molar-refractivity contribution in [3.63, 3.8) is 0 Å². The third kappa shape index (κ3) is 2.68. The summed E-state index contributed by atoms with van der Waals surface area (Å²) >= 11 is 4.04. The van der Waals surface area contributed by atoms with Crippen molar-refractivity contribution in [2.45, 2.75) is 19.1 Å². The highest BCUT2D eigenvalue weighted by molar-refractivity contribution is 7.81. The van der Waals surface area contributed by atoms with Crippen molar-refractivity contribution in [2.24, 2.45) is 5.92 Å². The molecular weight excluding hydrogens is 108 g/mol. The molecule has 0 spiro atoms. The van der Waals surface area contributed by atoms with Crippen molar-refractivity contribution in [1.82, 2.24) is 0 Å². The van der Waals surface area contributed by atoms with E-state index in [1.807, 2.05) is 13.8 Å². The van der Waals surface area contributed by atoms with Crippen LogP contribution in [0.1, 0.15) is 13.8 Å². The van der Waals surface area contributed by atoms with Gasteiger partial charge in [0.25, 0.3) is 0 Å². The first-order valence-corrected chi connectivity index (χ1v) is 2.83. The molecule has 0 aromatic rings. The van der Waals surface area contributed by atoms with E-state index in [2.05, 4.69) is 12.6 Å². The zero-order chi connectivity index (χ0) is 5.86. The van der Waals surface area contributed by atoms with Gasteiger partial charge in [-0.15, -0.1) is 0 Å². The van der Waals surface area contributed by atoms with Crippen LogP contribution >= 0.6 is 12.6 Å². The van der Waals surface area contributed by atoms with Gasteiger partial charge in [-0.05, 0) is 0 Å². The predicted molar refractivity (Wildman–Crippen MR) is 33.7 cm³/mol. The van der Waals surface area contributed by atoms with Gasteiger partial charge in [0, 0.05) is 11.2 Å². The molecule has 0 saturated heterocycles. The van der Waals surface area contributed by atoms with E-state index in [9.17, 15) is 4.79 Å². The second-order valence-electron chi connectivity index (χ2n) is 1.74. The average molecular weight is 118 g/mol. The summed E-state index contributed by atoms with van der Waals surface area (Å²) in [4.78, 5) is 9.90. The van der Waals surface area contributed by atoms with Crippen LogP contribution < -0.4 is 0 Å². The third-order valence-electron chi connectivity index (χ3n) is 0.976. The average Bonchev–Trinajstić information content (AvgIpc) is 1.65. The highest BCUT2D eigenvalue weighted by Gasteiger charge is 2.03. The first-order chi connectivity index (χ1) is 3.18. The normalized spacial score (nSPS) is 18.1. The Kier molecular flexibility index (Phi) is 3.09. The molecular formula is C5H10OS. The summed E-state index contributed by atoms with van der Waals surface area (Å²) in [5.41, 5.74) is 0. The predicted octanol–water partition coefficient (Wildman–Crippen LogP) is 1.14. The van der Waals surface area contributed by atoms with Crippen molar-refractivity contribution in [3.05, 3.63) is 0 Å². The third-order valence-corrected chi connectivity index (χ3v) is 1.45. The van der Waals surface area contributed by atoms with Gasteiger partial charge in [-0.3, -0.25) is 0 Å². The number of carbonyl (C=O) groups is 1. The molecule has 0 bridgehead atoms. The molecule has 0 aliphatic heterocycles. The lowest BCUT2D eigenvalue weighted by Gasteiger charge is -2.03. The van der Waals surface area contributed by atoms with Crippen molar-refractivity contribution in [3.8, 4) is 0 Å². The summed E-state index contributed by atoms with van der Waals surface area (Å²) in [7, 11) is 0. The molecule has 0 N–H and O–H groups in total. The van der Waals surface area contributed by atoms with Crippen molar-refractivity contribution in [2.75, 3.05) is 0 Å². The first-order valence-electron chi connectivity index (χ1n) is 2.32. The first kappa shape index (κ1) is 7.02. The van der Waals surface area contributed by atoms with Crippen LogP contribution in [0.5, 0.6) is 0 Å². The van der Waals surface area contributed by atoms with Gasteiger partial charge in [-0.2, -0.15) is 12.6 Å². The molecule has 0 heterocycles. The van der Waals surface area contributed by atoms with Gasteiger partial charge in [0.1, 0.15) is 6.29 Å². The Morgan fingerprint density at radius 3 is 2.00 bits per heavy atom. The zero-order valence-electron chi connectivity index (χ0n) is 4.59. The SMILES string of the molecule is C[C@@H](S)[C@@H](C)C=O. The maximum atomic E-state index is 9.90. The van der Waals surface area contributed by atoms with Gasteiger partial charge < -0.3 is 4.79 Å². The summed E-state index contributed by atoms with van der Waals surface area (Å²) in [5.74, 6) is 0.0864. The van der Waals surface area contributed by atoms with E-state index in [0.29, 0.717) is 0 Å². The van der Waals surface area contributed by atoms with Gasteiger partial charge in [0.15, 0.2) is 0 Å². The fourth-order valence-corrected chi connectivity index (χ4v) is 0.184. The lowest BCUT2D eigenvalue weighted by Crippen LogP contribution is -2.07. The molecule has 0 saturated carbocycles. The molecule has 0 amide bonds. The summed E-state index contributed by atoms with van der Waals surface area (Å²) < 4.78 is 0. The Labute approximate surface area is 49.5 Å². The van der Waals surface area contributed by atoms with Crippen LogP contribution in [0.4, 0.5) is 0 Å². The van der Waals surface area contributed by atoms with Gasteiger partial charge in [0.2, 0.25) is 0 Å². The zero-order valence-corrected chi connectivity index (χ0v) is 5.48. The number of aldehydes is 1. The van der Waals surface area contributed by atoms with Crippen LogP contribution in [0, 0.1) is 5.92 Å². The summed E-state index contributed by atoms with van der Waals surface area (Å²) in [6, 6.07) is 0. The second kappa shape index (κ2) is 3.08. The van der Waals surface area contributed by atoms with E-state index in [1.165, 1.54) is 0 Å². The molecule has 0 aromatic carbocycles. The van der Waals surface area contributed by atoms with Crippen molar-refractivity contribution >= 4 is 18.9 Å². The number of rotatable bonds is 2. The van der Waals surface area contributed by atoms with E-state index in [4.69, 9.17) is 0 Å². The molecule has 0 aromatic heterocycles. The number of carbonyl (C=O) groups excluding carboxylic acids is 1. The van der Waals surface area contributed by atoms with Gasteiger partial charge in [-0.25, -0.2) is 0 Å². The van der Waals surface area contributed by atoms with E-state index < -0.39 is 0 Å². The van der Waals surface area contributed by atoms with E-state index in [-0.39, 0.29) is 11.2 Å². The van der Waals surface area contributed by atoms with E-state index in [1.54, 1.807) is 0 Å². The smallest absolute Gasteiger partial charge is 0.123 e. The molecule has 2 atom stereocenters. The minimum absolute atomic E-state index is 0.0864. The number of hydrogen-bond donors (Lipinski definition) is 1. The summed E-state index contributed by atoms with van der Waals surface area (Å²) in [5, 5.41) is 0.192. The molecule has 0 radical (unpaired) electrons. The van der Waals surface area contributed by atoms with Gasteiger partial charge in [0.05, 0.1) is 0 Å². The van der Waals surface area contributed by atoms with Crippen LogP contribution in [0.15, 0.2) is 0 Å². The van der Waals surface area contributed by atoms with E-state index >= 15 is 0 Å². The number of hydrogen-bond acceptors (Lipinski definition) is 2. The Bertz CT molecular complexity index is 61.1. The molecule has 7 heavy (non-hydrogen) atoms. The van der Waals surface area contributed by atoms with Crippen molar-refractivity contribution < 1.29 is 4.79 Å². The molecule has 42 valence electrons. The van der Waals surface area contributed by atoms with Crippen LogP contribution in [0.3, 0.4) is 0 Å². The molecule has 0 unspecified atom stereocenters. The topological polar surface area (TPSA) is 17.1 Å². The molecule has 2 heteroatoms. The minimum atomic E-state index is 0.0864. The maximum Gasteiger partial charge on any atom is 0.123 e. The molecule has 0 aliphatic carbocycles. The summed E-state index contributed by atoms with van der Waals surface area (Å²) in [6.45, 7) is 3.76. The molecule has 1 nitrogen and oxygen atoms in total. The highest BCUT2D eigenvalue weighted by Crippen LogP contribution is 2.03. The lowest BCUT2D eigenvalue weighted by atomic mass is 10.1. The minimum Gasteiger partial charge on any atom is -0.303 e. The Morgan fingerprint density at radius 1 is 1.57 bits per heavy atom. The molecule has 0 aliphatic rings. The lowest BCUT2D eigenvalue weighted by molar-refractivity contribution is -0.110. The summed E-state index contributed by atoms with van der Waals surface area (Å²) in [6.07, 6.45) is 0.914. The van der Waals surface area contributed by atoms with Gasteiger partial charge in [-0.1, -0.05) is 13.8 Å². The molecule has 0 fully saturated rings. The van der Waals surface area contributed by atoms with Crippen LogP contribution in [-0.4, -0.2) is 11.5 Å². The second-order valence-corrected chi connectivity index (χ2v) is 2.55. The fraction of sp³-hybridized carbons (Fsp3) is 0.800. The van der Waals surface area contributed by atoms with Crippen LogP contribution in [0.2, 0.25) is 0 Å². The van der Waals surface area contributed by atoms with Gasteiger partial charge >= 0.3 is 0 Å². The quantitative estimate of drug-likeness (QED) is 0.425. The monoisotopic (exact) mass is 118 g/mol. The number of thiol groups is 1. The largest absolute Gasteiger partial charge is 0.303 e.